The second kappa shape index (κ2) is 14.4. The minimum absolute atomic E-state index is 0.355. The van der Waals surface area contributed by atoms with Crippen LogP contribution in [0, 0.1) is 0 Å². The highest BCUT2D eigenvalue weighted by molar-refractivity contribution is 6.60. The van der Waals surface area contributed by atoms with Gasteiger partial charge in [0.1, 0.15) is 13.2 Å². The first-order valence-electron chi connectivity index (χ1n) is 9.88. The molecule has 0 fully saturated rings. The Morgan fingerprint density at radius 3 is 1.81 bits per heavy atom. The summed E-state index contributed by atoms with van der Waals surface area (Å²) in [6, 6.07) is 0.653. The molecule has 0 rings (SSSR count). The summed E-state index contributed by atoms with van der Waals surface area (Å²) in [5, 5.41) is 2.80. The standard InChI is InChI=1S/C18H40N2O5Si/c1-7-12-20(13-8-2,14-9-3)15-16-25-18(21)19-11-10-17-26(22-4,23-5)24-6/h7-17H2,1-6H3/p+1. The van der Waals surface area contributed by atoms with Crippen molar-refractivity contribution in [3.63, 3.8) is 0 Å². The van der Waals surface area contributed by atoms with Crippen LogP contribution in [0.15, 0.2) is 0 Å². The second-order valence-electron chi connectivity index (χ2n) is 6.70. The highest BCUT2D eigenvalue weighted by Crippen LogP contribution is 2.14. The number of quaternary nitrogens is 1. The van der Waals surface area contributed by atoms with Crippen molar-refractivity contribution in [2.24, 2.45) is 0 Å². The van der Waals surface area contributed by atoms with E-state index >= 15 is 0 Å². The molecule has 7 nitrogen and oxygen atoms in total. The Labute approximate surface area is 161 Å². The van der Waals surface area contributed by atoms with Crippen LogP contribution < -0.4 is 5.32 Å². The van der Waals surface area contributed by atoms with Gasteiger partial charge in [0.25, 0.3) is 0 Å². The van der Waals surface area contributed by atoms with Gasteiger partial charge >= 0.3 is 14.9 Å². The number of nitrogens with one attached hydrogen (secondary N) is 1. The van der Waals surface area contributed by atoms with E-state index in [1.165, 1.54) is 0 Å². The van der Waals surface area contributed by atoms with E-state index in [1.807, 2.05) is 0 Å². The Kier molecular flexibility index (Phi) is 14.0. The molecule has 0 unspecified atom stereocenters. The first-order valence-corrected chi connectivity index (χ1v) is 11.8. The molecule has 0 saturated carbocycles. The summed E-state index contributed by atoms with van der Waals surface area (Å²) in [5.41, 5.74) is 0. The van der Waals surface area contributed by atoms with E-state index in [4.69, 9.17) is 18.0 Å². The van der Waals surface area contributed by atoms with E-state index in [0.717, 1.165) is 56.3 Å². The Morgan fingerprint density at radius 2 is 1.38 bits per heavy atom. The van der Waals surface area contributed by atoms with Crippen LogP contribution in [0.1, 0.15) is 46.5 Å². The van der Waals surface area contributed by atoms with E-state index in [0.29, 0.717) is 19.2 Å². The summed E-state index contributed by atoms with van der Waals surface area (Å²) in [4.78, 5) is 11.9. The van der Waals surface area contributed by atoms with Crippen molar-refractivity contribution < 1.29 is 27.3 Å². The lowest BCUT2D eigenvalue weighted by atomic mass is 10.2. The summed E-state index contributed by atoms with van der Waals surface area (Å²) >= 11 is 0. The third-order valence-corrected chi connectivity index (χ3v) is 7.59. The zero-order valence-electron chi connectivity index (χ0n) is 17.8. The molecule has 0 aromatic rings. The van der Waals surface area contributed by atoms with Gasteiger partial charge in [-0.25, -0.2) is 4.79 Å². The highest BCUT2D eigenvalue weighted by atomic mass is 28.4. The van der Waals surface area contributed by atoms with Gasteiger partial charge in [-0.05, 0) is 25.7 Å². The van der Waals surface area contributed by atoms with Crippen LogP contribution in [0.5, 0.6) is 0 Å². The van der Waals surface area contributed by atoms with E-state index in [-0.39, 0.29) is 6.09 Å². The van der Waals surface area contributed by atoms with Gasteiger partial charge in [-0.2, -0.15) is 0 Å². The lowest BCUT2D eigenvalue weighted by Gasteiger charge is -2.38. The Balaban J connectivity index is 4.20. The van der Waals surface area contributed by atoms with Crippen molar-refractivity contribution in [1.29, 1.82) is 0 Å². The van der Waals surface area contributed by atoms with Crippen LogP contribution >= 0.6 is 0 Å². The highest BCUT2D eigenvalue weighted by Gasteiger charge is 2.36. The first-order chi connectivity index (χ1) is 12.5. The first kappa shape index (κ1) is 25.3. The maximum atomic E-state index is 11.9. The van der Waals surface area contributed by atoms with Gasteiger partial charge < -0.3 is 27.8 Å². The number of carbonyl (C=O) groups excluding carboxylic acids is 1. The monoisotopic (exact) mass is 393 g/mol. The molecule has 0 aromatic carbocycles. The molecular weight excluding hydrogens is 352 g/mol. The molecule has 156 valence electrons. The molecule has 0 aliphatic carbocycles. The Morgan fingerprint density at radius 1 is 0.885 bits per heavy atom. The molecule has 0 bridgehead atoms. The van der Waals surface area contributed by atoms with E-state index in [1.54, 1.807) is 21.3 Å². The zero-order chi connectivity index (χ0) is 19.9. The largest absolute Gasteiger partial charge is 0.500 e. The van der Waals surface area contributed by atoms with E-state index < -0.39 is 8.80 Å². The fraction of sp³-hybridized carbons (Fsp3) is 0.944. The van der Waals surface area contributed by atoms with E-state index in [9.17, 15) is 4.79 Å². The molecule has 0 saturated heterocycles. The summed E-state index contributed by atoms with van der Waals surface area (Å²) in [6.45, 7) is 11.9. The molecule has 0 aliphatic heterocycles. The maximum absolute atomic E-state index is 11.9. The average molecular weight is 394 g/mol. The lowest BCUT2D eigenvalue weighted by molar-refractivity contribution is -0.928. The van der Waals surface area contributed by atoms with Gasteiger partial charge in [0.2, 0.25) is 0 Å². The topological polar surface area (TPSA) is 66.0 Å². The predicted molar refractivity (Wildman–Crippen MR) is 106 cm³/mol. The van der Waals surface area contributed by atoms with Crippen LogP contribution in [-0.2, 0) is 18.0 Å². The number of hydrogen-bond donors (Lipinski definition) is 1. The quantitative estimate of drug-likeness (QED) is 0.248. The third-order valence-electron chi connectivity index (χ3n) is 4.75. The fourth-order valence-corrected chi connectivity index (χ4v) is 5.25. The van der Waals surface area contributed by atoms with Crippen LogP contribution in [0.2, 0.25) is 6.04 Å². The molecule has 0 atom stereocenters. The molecule has 0 radical (unpaired) electrons. The zero-order valence-corrected chi connectivity index (χ0v) is 18.8. The van der Waals surface area contributed by atoms with Crippen molar-refractivity contribution in [2.75, 3.05) is 60.7 Å². The van der Waals surface area contributed by atoms with Crippen molar-refractivity contribution in [2.45, 2.75) is 52.5 Å². The third kappa shape index (κ3) is 9.32. The lowest BCUT2D eigenvalue weighted by Crippen LogP contribution is -2.52. The van der Waals surface area contributed by atoms with Gasteiger partial charge in [0, 0.05) is 33.9 Å². The molecule has 0 spiro atoms. The van der Waals surface area contributed by atoms with Crippen LogP contribution in [0.3, 0.4) is 0 Å². The maximum Gasteiger partial charge on any atom is 0.500 e. The average Bonchev–Trinajstić information content (AvgIpc) is 2.63. The van der Waals surface area contributed by atoms with Gasteiger partial charge in [0.15, 0.2) is 0 Å². The smallest absolute Gasteiger partial charge is 0.444 e. The van der Waals surface area contributed by atoms with Crippen LogP contribution in [0.25, 0.3) is 0 Å². The van der Waals surface area contributed by atoms with Gasteiger partial charge in [-0.3, -0.25) is 0 Å². The van der Waals surface area contributed by atoms with Crippen LogP contribution in [-0.4, -0.2) is 80.0 Å². The number of rotatable bonds is 16. The molecular formula is C18H41N2O5Si+. The normalized spacial score (nSPS) is 12.2. The predicted octanol–water partition coefficient (Wildman–Crippen LogP) is 3.03. The molecule has 1 N–H and O–H groups in total. The molecule has 1 amide bonds. The summed E-state index contributed by atoms with van der Waals surface area (Å²) in [7, 11) is 2.21. The van der Waals surface area contributed by atoms with Crippen molar-refractivity contribution in [3.8, 4) is 0 Å². The summed E-state index contributed by atoms with van der Waals surface area (Å²) in [6.07, 6.45) is 3.81. The number of nitrogens with zero attached hydrogens (tertiary/aromatic N) is 1. The number of ether oxygens (including phenoxy) is 1. The fourth-order valence-electron chi connectivity index (χ4n) is 3.53. The Hall–Kier alpha value is -0.673. The molecule has 0 heterocycles. The second-order valence-corrected chi connectivity index (χ2v) is 9.79. The van der Waals surface area contributed by atoms with Crippen molar-refractivity contribution in [1.82, 2.24) is 5.32 Å². The molecule has 26 heavy (non-hydrogen) atoms. The number of hydrogen-bond acceptors (Lipinski definition) is 5. The molecule has 0 aromatic heterocycles. The minimum atomic E-state index is -2.56. The molecule has 0 aliphatic rings. The van der Waals surface area contributed by atoms with Gasteiger partial charge in [0.05, 0.1) is 19.6 Å². The Bertz CT molecular complexity index is 342. The summed E-state index contributed by atoms with van der Waals surface area (Å²) < 4.78 is 22.5. The van der Waals surface area contributed by atoms with Gasteiger partial charge in [-0.1, -0.05) is 20.8 Å². The van der Waals surface area contributed by atoms with Crippen LogP contribution in [0.4, 0.5) is 4.79 Å². The molecule has 8 heteroatoms. The van der Waals surface area contributed by atoms with E-state index in [2.05, 4.69) is 26.1 Å². The number of carbonyl (C=O) groups is 1. The number of alkyl carbamates (subject to hydrolysis) is 1. The minimum Gasteiger partial charge on any atom is -0.444 e. The SMILES string of the molecule is CCC[N+](CCC)(CCC)CCOC(=O)NCCC[Si](OC)(OC)OC. The summed E-state index contributed by atoms with van der Waals surface area (Å²) in [5.74, 6) is 0. The van der Waals surface area contributed by atoms with Crippen molar-refractivity contribution >= 4 is 14.9 Å². The van der Waals surface area contributed by atoms with Gasteiger partial charge in [-0.15, -0.1) is 0 Å². The van der Waals surface area contributed by atoms with Crippen molar-refractivity contribution in [3.05, 3.63) is 0 Å². The number of amides is 1.